The van der Waals surface area contributed by atoms with E-state index in [0.29, 0.717) is 5.92 Å². The van der Waals surface area contributed by atoms with E-state index in [1.165, 1.54) is 11.1 Å². The molecule has 0 saturated carbocycles. The molecule has 1 aromatic rings. The maximum atomic E-state index is 3.21. The van der Waals surface area contributed by atoms with Crippen LogP contribution in [-0.4, -0.2) is 0 Å². The summed E-state index contributed by atoms with van der Waals surface area (Å²) in [4.78, 5) is 0. The Morgan fingerprint density at radius 3 is 2.25 bits per heavy atom. The van der Waals surface area contributed by atoms with Crippen LogP contribution in [0.2, 0.25) is 0 Å². The van der Waals surface area contributed by atoms with Crippen LogP contribution in [0.1, 0.15) is 30.9 Å². The number of halogens is 1. The largest absolute Gasteiger partial charge is 1.00 e. The third-order valence-corrected chi connectivity index (χ3v) is 1.60. The van der Waals surface area contributed by atoms with Gasteiger partial charge in [0, 0.05) is 0 Å². The van der Waals surface area contributed by atoms with Gasteiger partial charge in [-0.3, -0.25) is 0 Å². The van der Waals surface area contributed by atoms with Crippen LogP contribution in [0.25, 0.3) is 0 Å². The second-order valence-electron chi connectivity index (χ2n) is 2.98. The van der Waals surface area contributed by atoms with Gasteiger partial charge in [-0.2, -0.15) is 35.4 Å². The first-order valence-electron chi connectivity index (χ1n) is 3.68. The molecule has 0 bridgehead atoms. The summed E-state index contributed by atoms with van der Waals surface area (Å²) in [6.07, 6.45) is 0. The maximum Gasteiger partial charge on any atom is 1.00 e. The predicted octanol–water partition coefficient (Wildman–Crippen LogP) is 3.34. The Morgan fingerprint density at radius 2 is 1.92 bits per heavy atom. The molecule has 1 rings (SSSR count). The summed E-state index contributed by atoms with van der Waals surface area (Å²) in [5.41, 5.74) is 2.63. The minimum absolute atomic E-state index is 0. The molecule has 0 aliphatic heterocycles. The molecule has 0 fully saturated rings. The molecule has 0 aromatic heterocycles. The summed E-state index contributed by atoms with van der Waals surface area (Å²) in [6, 6.07) is 9.46. The van der Waals surface area contributed by atoms with Gasteiger partial charge in [0.05, 0.1) is 0 Å². The summed E-state index contributed by atoms with van der Waals surface area (Å²) in [5, 5.41) is 0. The van der Waals surface area contributed by atoms with Crippen LogP contribution < -0.4 is 0 Å². The van der Waals surface area contributed by atoms with Crippen molar-refractivity contribution in [3.63, 3.8) is 0 Å². The van der Waals surface area contributed by atoms with Crippen molar-refractivity contribution in [2.45, 2.75) is 26.7 Å². The van der Waals surface area contributed by atoms with E-state index in [4.69, 9.17) is 0 Å². The van der Waals surface area contributed by atoms with Gasteiger partial charge >= 0.3 is 19.5 Å². The van der Waals surface area contributed by atoms with Crippen molar-refractivity contribution >= 4 is 12.4 Å². The zero-order chi connectivity index (χ0) is 7.56. The van der Waals surface area contributed by atoms with Crippen LogP contribution in [0.3, 0.4) is 0 Å². The summed E-state index contributed by atoms with van der Waals surface area (Å²) in [5.74, 6) is 0.597. The van der Waals surface area contributed by atoms with Crippen molar-refractivity contribution in [3.05, 3.63) is 35.4 Å². The standard InChI is InChI=1S/C10H13.ClH.Ru/c1-8(2)10-6-4-5-9(3)7-10;;/h4-5,7-8H,1-3H3;1H;/q-1;;+1. The molecule has 0 atom stereocenters. The van der Waals surface area contributed by atoms with Crippen molar-refractivity contribution in [3.8, 4) is 0 Å². The summed E-state index contributed by atoms with van der Waals surface area (Å²) in [6.45, 7) is 6.48. The molecule has 0 unspecified atom stereocenters. The third-order valence-electron chi connectivity index (χ3n) is 1.60. The van der Waals surface area contributed by atoms with Gasteiger partial charge in [0.2, 0.25) is 0 Å². The zero-order valence-corrected chi connectivity index (χ0v) is 10.1. The van der Waals surface area contributed by atoms with Gasteiger partial charge in [-0.25, -0.2) is 0 Å². The van der Waals surface area contributed by atoms with Crippen LogP contribution in [0.5, 0.6) is 0 Å². The first-order chi connectivity index (χ1) is 4.70. The number of hydrogen-bond donors (Lipinski definition) is 0. The van der Waals surface area contributed by atoms with E-state index in [2.05, 4.69) is 39.0 Å². The van der Waals surface area contributed by atoms with E-state index >= 15 is 0 Å². The van der Waals surface area contributed by atoms with E-state index in [-0.39, 0.29) is 31.9 Å². The van der Waals surface area contributed by atoms with Gasteiger partial charge in [-0.1, -0.05) is 20.8 Å². The fourth-order valence-corrected chi connectivity index (χ4v) is 0.938. The van der Waals surface area contributed by atoms with Crippen LogP contribution in [0, 0.1) is 13.0 Å². The maximum absolute atomic E-state index is 3.21. The molecular weight excluding hydrogens is 257 g/mol. The molecule has 0 N–H and O–H groups in total. The zero-order valence-electron chi connectivity index (χ0n) is 7.57. The van der Waals surface area contributed by atoms with Crippen molar-refractivity contribution in [2.24, 2.45) is 0 Å². The molecule has 2 heteroatoms. The summed E-state index contributed by atoms with van der Waals surface area (Å²) < 4.78 is 0. The number of benzene rings is 1. The Balaban J connectivity index is 0. The topological polar surface area (TPSA) is 0 Å². The molecule has 12 heavy (non-hydrogen) atoms. The average Bonchev–Trinajstić information content (AvgIpc) is 1.88. The van der Waals surface area contributed by atoms with Crippen LogP contribution in [-0.2, 0) is 19.5 Å². The fraction of sp³-hybridized carbons (Fsp3) is 0.400. The van der Waals surface area contributed by atoms with Gasteiger partial charge in [-0.15, -0.1) is 12.4 Å². The molecule has 0 saturated heterocycles. The number of rotatable bonds is 1. The smallest absolute Gasteiger partial charge is 0.180 e. The first kappa shape index (κ1) is 14.6. The van der Waals surface area contributed by atoms with Crippen LogP contribution in [0.15, 0.2) is 18.2 Å². The minimum atomic E-state index is 0. The van der Waals surface area contributed by atoms with Gasteiger partial charge in [-0.05, 0) is 5.92 Å². The molecule has 1 radical (unpaired) electrons. The van der Waals surface area contributed by atoms with Crippen LogP contribution >= 0.6 is 12.4 Å². The Hall–Kier alpha value is 0.133. The predicted molar refractivity (Wildman–Crippen MR) is 51.4 cm³/mol. The fourth-order valence-electron chi connectivity index (χ4n) is 0.938. The number of aryl methyl sites for hydroxylation is 1. The van der Waals surface area contributed by atoms with Gasteiger partial charge < -0.3 is 0 Å². The Labute approximate surface area is 93.9 Å². The van der Waals surface area contributed by atoms with E-state index in [9.17, 15) is 0 Å². The SMILES string of the molecule is Cc1cc[c-]c(C(C)C)c1.Cl.[Ru+]. The molecule has 69 valence electrons. The second-order valence-corrected chi connectivity index (χ2v) is 2.98. The molecule has 0 aliphatic carbocycles. The summed E-state index contributed by atoms with van der Waals surface area (Å²) >= 11 is 0. The molecule has 0 aliphatic rings. The minimum Gasteiger partial charge on any atom is -0.180 e. The molecule has 0 nitrogen and oxygen atoms in total. The first-order valence-corrected chi connectivity index (χ1v) is 3.68. The van der Waals surface area contributed by atoms with Crippen LogP contribution in [0.4, 0.5) is 0 Å². The van der Waals surface area contributed by atoms with E-state index in [0.717, 1.165) is 0 Å². The van der Waals surface area contributed by atoms with Crippen molar-refractivity contribution in [2.75, 3.05) is 0 Å². The molecular formula is C10H14ClRu. The quantitative estimate of drug-likeness (QED) is 0.542. The molecule has 0 heterocycles. The van der Waals surface area contributed by atoms with E-state index in [1.807, 2.05) is 6.07 Å². The van der Waals surface area contributed by atoms with Gasteiger partial charge in [0.1, 0.15) is 0 Å². The van der Waals surface area contributed by atoms with Crippen molar-refractivity contribution in [1.29, 1.82) is 0 Å². The monoisotopic (exact) mass is 271 g/mol. The number of hydrogen-bond acceptors (Lipinski definition) is 0. The Kier molecular flexibility index (Phi) is 8.09. The van der Waals surface area contributed by atoms with Gasteiger partial charge in [0.25, 0.3) is 0 Å². The molecule has 1 aromatic carbocycles. The third kappa shape index (κ3) is 4.23. The van der Waals surface area contributed by atoms with Gasteiger partial charge in [0.15, 0.2) is 0 Å². The van der Waals surface area contributed by atoms with Crippen molar-refractivity contribution < 1.29 is 19.5 Å². The Bertz CT molecular complexity index is 221. The Morgan fingerprint density at radius 1 is 1.33 bits per heavy atom. The van der Waals surface area contributed by atoms with Crippen molar-refractivity contribution in [1.82, 2.24) is 0 Å². The second kappa shape index (κ2) is 6.63. The van der Waals surface area contributed by atoms with E-state index in [1.54, 1.807) is 0 Å². The average molecular weight is 271 g/mol. The molecule has 0 spiro atoms. The summed E-state index contributed by atoms with van der Waals surface area (Å²) in [7, 11) is 0. The molecule has 0 amide bonds. The normalized spacial score (nSPS) is 8.67. The van der Waals surface area contributed by atoms with E-state index < -0.39 is 0 Å².